The Morgan fingerprint density at radius 2 is 2.24 bits per heavy atom. The molecule has 5 nitrogen and oxygen atoms in total. The van der Waals surface area contributed by atoms with E-state index in [1.165, 1.54) is 10.2 Å². The number of benzene rings is 1. The van der Waals surface area contributed by atoms with Gasteiger partial charge in [0.25, 0.3) is 5.56 Å². The van der Waals surface area contributed by atoms with Crippen LogP contribution in [0.1, 0.15) is 16.8 Å². The number of H-pyrrole nitrogens is 1. The molecule has 6 heteroatoms. The van der Waals surface area contributed by atoms with Crippen molar-refractivity contribution in [1.29, 1.82) is 0 Å². The summed E-state index contributed by atoms with van der Waals surface area (Å²) in [6.45, 7) is 2.67. The first kappa shape index (κ1) is 14.4. The zero-order valence-electron chi connectivity index (χ0n) is 11.7. The smallest absolute Gasteiger partial charge is 0.270 e. The number of hydrogen-bond acceptors (Lipinski definition) is 3. The Morgan fingerprint density at radius 1 is 1.38 bits per heavy atom. The average molecular weight is 308 g/mol. The molecule has 2 aromatic rings. The standard InChI is InChI=1S/C15H18ClN3O2/c16-12-3-1-2-11(8-12)9-18-5-4-13-14(10-18)17-19(6-7-20)15(13)21/h1-3,8,17,20H,4-7,9-10H2. The van der Waals surface area contributed by atoms with Crippen molar-refractivity contribution in [3.8, 4) is 0 Å². The van der Waals surface area contributed by atoms with Crippen molar-refractivity contribution in [3.05, 3.63) is 56.5 Å². The molecule has 0 saturated heterocycles. The van der Waals surface area contributed by atoms with E-state index in [-0.39, 0.29) is 12.2 Å². The third kappa shape index (κ3) is 3.05. The number of aromatic nitrogens is 2. The Kier molecular flexibility index (Phi) is 4.14. The topological polar surface area (TPSA) is 61.3 Å². The molecule has 0 radical (unpaired) electrons. The number of fused-ring (bicyclic) bond motifs is 1. The molecule has 0 saturated carbocycles. The summed E-state index contributed by atoms with van der Waals surface area (Å²) in [5.41, 5.74) is 2.98. The van der Waals surface area contributed by atoms with E-state index in [4.69, 9.17) is 16.7 Å². The molecule has 21 heavy (non-hydrogen) atoms. The van der Waals surface area contributed by atoms with Crippen LogP contribution in [0.2, 0.25) is 5.02 Å². The first-order valence-corrected chi connectivity index (χ1v) is 7.43. The number of aliphatic hydroxyl groups excluding tert-OH is 1. The second-order valence-corrected chi connectivity index (χ2v) is 5.78. The molecule has 0 bridgehead atoms. The van der Waals surface area contributed by atoms with Crippen molar-refractivity contribution in [2.45, 2.75) is 26.1 Å². The lowest BCUT2D eigenvalue weighted by molar-refractivity contribution is 0.240. The molecule has 1 aliphatic heterocycles. The van der Waals surface area contributed by atoms with E-state index in [0.29, 0.717) is 6.54 Å². The maximum absolute atomic E-state index is 12.1. The van der Waals surface area contributed by atoms with Crippen LogP contribution in [-0.2, 0) is 26.1 Å². The van der Waals surface area contributed by atoms with E-state index < -0.39 is 0 Å². The molecule has 0 atom stereocenters. The van der Waals surface area contributed by atoms with Gasteiger partial charge in [-0.3, -0.25) is 19.5 Å². The fourth-order valence-corrected chi connectivity index (χ4v) is 3.03. The molecule has 1 aromatic carbocycles. The second kappa shape index (κ2) is 6.05. The van der Waals surface area contributed by atoms with Crippen LogP contribution in [0.4, 0.5) is 0 Å². The largest absolute Gasteiger partial charge is 0.394 e. The first-order chi connectivity index (χ1) is 10.2. The van der Waals surface area contributed by atoms with Crippen LogP contribution in [-0.4, -0.2) is 32.9 Å². The fourth-order valence-electron chi connectivity index (χ4n) is 2.82. The minimum atomic E-state index is -0.0362. The Balaban J connectivity index is 1.75. The summed E-state index contributed by atoms with van der Waals surface area (Å²) >= 11 is 6.01. The first-order valence-electron chi connectivity index (χ1n) is 7.05. The molecular formula is C15H18ClN3O2. The Labute approximate surface area is 127 Å². The molecule has 0 unspecified atom stereocenters. The van der Waals surface area contributed by atoms with E-state index in [1.807, 2.05) is 18.2 Å². The molecule has 0 fully saturated rings. The van der Waals surface area contributed by atoms with Gasteiger partial charge in [-0.2, -0.15) is 0 Å². The summed E-state index contributed by atoms with van der Waals surface area (Å²) in [4.78, 5) is 14.4. The maximum Gasteiger partial charge on any atom is 0.270 e. The predicted molar refractivity (Wildman–Crippen MR) is 81.4 cm³/mol. The van der Waals surface area contributed by atoms with Gasteiger partial charge < -0.3 is 5.11 Å². The van der Waals surface area contributed by atoms with Crippen LogP contribution in [0.15, 0.2) is 29.1 Å². The lowest BCUT2D eigenvalue weighted by Gasteiger charge is -2.26. The number of rotatable bonds is 4. The summed E-state index contributed by atoms with van der Waals surface area (Å²) in [5, 5.41) is 12.8. The summed E-state index contributed by atoms with van der Waals surface area (Å²) in [6, 6.07) is 7.84. The maximum atomic E-state index is 12.1. The number of aromatic amines is 1. The van der Waals surface area contributed by atoms with Gasteiger partial charge in [0.1, 0.15) is 0 Å². The lowest BCUT2D eigenvalue weighted by atomic mass is 10.1. The van der Waals surface area contributed by atoms with Crippen molar-refractivity contribution < 1.29 is 5.11 Å². The third-order valence-electron chi connectivity index (χ3n) is 3.82. The highest BCUT2D eigenvalue weighted by Gasteiger charge is 2.22. The molecular weight excluding hydrogens is 290 g/mol. The fraction of sp³-hybridized carbons (Fsp3) is 0.400. The summed E-state index contributed by atoms with van der Waals surface area (Å²) in [6.07, 6.45) is 0.740. The molecule has 2 heterocycles. The van der Waals surface area contributed by atoms with Crippen LogP contribution in [0.5, 0.6) is 0 Å². The molecule has 2 N–H and O–H groups in total. The summed E-state index contributed by atoms with van der Waals surface area (Å²) in [7, 11) is 0. The number of hydrogen-bond donors (Lipinski definition) is 2. The van der Waals surface area contributed by atoms with E-state index in [9.17, 15) is 4.79 Å². The van der Waals surface area contributed by atoms with Gasteiger partial charge in [0.15, 0.2) is 0 Å². The number of nitrogens with zero attached hydrogens (tertiary/aromatic N) is 2. The van der Waals surface area contributed by atoms with Gasteiger partial charge in [-0.15, -0.1) is 0 Å². The van der Waals surface area contributed by atoms with Gasteiger partial charge in [0, 0.05) is 30.2 Å². The van der Waals surface area contributed by atoms with Crippen LogP contribution < -0.4 is 5.56 Å². The van der Waals surface area contributed by atoms with E-state index in [0.717, 1.165) is 42.3 Å². The zero-order valence-corrected chi connectivity index (χ0v) is 12.4. The van der Waals surface area contributed by atoms with Crippen LogP contribution in [0.25, 0.3) is 0 Å². The summed E-state index contributed by atoms with van der Waals surface area (Å²) < 4.78 is 1.49. The quantitative estimate of drug-likeness (QED) is 0.897. The van der Waals surface area contributed by atoms with Crippen LogP contribution in [0.3, 0.4) is 0 Å². The minimum Gasteiger partial charge on any atom is -0.394 e. The normalized spacial score (nSPS) is 15.1. The third-order valence-corrected chi connectivity index (χ3v) is 4.05. The molecule has 3 rings (SSSR count). The van der Waals surface area contributed by atoms with Crippen molar-refractivity contribution in [2.75, 3.05) is 13.2 Å². The molecule has 1 aliphatic rings. The van der Waals surface area contributed by atoms with Crippen LogP contribution in [0, 0.1) is 0 Å². The molecule has 0 amide bonds. The van der Waals surface area contributed by atoms with Crippen molar-refractivity contribution in [3.63, 3.8) is 0 Å². The Bertz CT molecular complexity index is 692. The predicted octanol–water partition coefficient (Wildman–Crippen LogP) is 1.38. The van der Waals surface area contributed by atoms with Crippen molar-refractivity contribution in [2.24, 2.45) is 0 Å². The lowest BCUT2D eigenvalue weighted by Crippen LogP contribution is -2.31. The summed E-state index contributed by atoms with van der Waals surface area (Å²) in [5.74, 6) is 0. The van der Waals surface area contributed by atoms with Crippen molar-refractivity contribution >= 4 is 11.6 Å². The average Bonchev–Trinajstić information content (AvgIpc) is 2.76. The van der Waals surface area contributed by atoms with Gasteiger partial charge in [-0.05, 0) is 24.1 Å². The van der Waals surface area contributed by atoms with Gasteiger partial charge in [0.2, 0.25) is 0 Å². The minimum absolute atomic E-state index is 0.00135. The molecule has 0 aliphatic carbocycles. The Morgan fingerprint density at radius 3 is 3.00 bits per heavy atom. The highest BCUT2D eigenvalue weighted by atomic mass is 35.5. The molecule has 112 valence electrons. The number of nitrogens with one attached hydrogen (secondary N) is 1. The molecule has 0 spiro atoms. The van der Waals surface area contributed by atoms with E-state index in [2.05, 4.69) is 16.1 Å². The SMILES string of the molecule is O=c1c2c([nH]n1CCO)CN(Cc1cccc(Cl)c1)CC2. The monoisotopic (exact) mass is 307 g/mol. The Hall–Kier alpha value is -1.56. The van der Waals surface area contributed by atoms with Crippen molar-refractivity contribution in [1.82, 2.24) is 14.7 Å². The van der Waals surface area contributed by atoms with Crippen LogP contribution >= 0.6 is 11.6 Å². The number of halogens is 1. The van der Waals surface area contributed by atoms with Gasteiger partial charge in [-0.25, -0.2) is 0 Å². The highest BCUT2D eigenvalue weighted by Crippen LogP contribution is 2.18. The van der Waals surface area contributed by atoms with Gasteiger partial charge in [0.05, 0.1) is 18.8 Å². The van der Waals surface area contributed by atoms with E-state index >= 15 is 0 Å². The van der Waals surface area contributed by atoms with Gasteiger partial charge >= 0.3 is 0 Å². The van der Waals surface area contributed by atoms with E-state index in [1.54, 1.807) is 0 Å². The van der Waals surface area contributed by atoms with Gasteiger partial charge in [-0.1, -0.05) is 23.7 Å². The molecule has 1 aromatic heterocycles. The zero-order chi connectivity index (χ0) is 14.8. The number of aliphatic hydroxyl groups is 1. The second-order valence-electron chi connectivity index (χ2n) is 5.34. The highest BCUT2D eigenvalue weighted by molar-refractivity contribution is 6.30.